The van der Waals surface area contributed by atoms with Crippen molar-refractivity contribution in [2.24, 2.45) is 5.92 Å². The molecule has 5 nitrogen and oxygen atoms in total. The monoisotopic (exact) mass is 252 g/mol. The molecule has 5 heteroatoms. The van der Waals surface area contributed by atoms with Gasteiger partial charge in [-0.15, -0.1) is 0 Å². The molecule has 1 aliphatic heterocycles. The average Bonchev–Trinajstić information content (AvgIpc) is 2.99. The van der Waals surface area contributed by atoms with Crippen molar-refractivity contribution < 1.29 is 14.3 Å². The van der Waals surface area contributed by atoms with Crippen LogP contribution in [0.15, 0.2) is 12.1 Å². The van der Waals surface area contributed by atoms with Gasteiger partial charge in [0.15, 0.2) is 0 Å². The van der Waals surface area contributed by atoms with E-state index in [0.717, 1.165) is 31.8 Å². The number of ether oxygens (including phenoxy) is 2. The van der Waals surface area contributed by atoms with Gasteiger partial charge in [-0.25, -0.2) is 4.79 Å². The Morgan fingerprint density at radius 2 is 2.44 bits per heavy atom. The molecular formula is C13H20N2O3. The molecule has 1 aromatic heterocycles. The lowest BCUT2D eigenvalue weighted by Gasteiger charge is -2.14. The second-order valence-electron chi connectivity index (χ2n) is 4.64. The molecular weight excluding hydrogens is 232 g/mol. The first-order valence-electron chi connectivity index (χ1n) is 6.29. The van der Waals surface area contributed by atoms with Crippen molar-refractivity contribution in [3.63, 3.8) is 0 Å². The number of methoxy groups -OCH3 is 1. The largest absolute Gasteiger partial charge is 0.464 e. The zero-order valence-electron chi connectivity index (χ0n) is 10.9. The van der Waals surface area contributed by atoms with E-state index >= 15 is 0 Å². The molecule has 1 fully saturated rings. The van der Waals surface area contributed by atoms with Gasteiger partial charge < -0.3 is 19.8 Å². The van der Waals surface area contributed by atoms with Crippen LogP contribution in [0.3, 0.4) is 0 Å². The zero-order chi connectivity index (χ0) is 13.0. The van der Waals surface area contributed by atoms with Crippen molar-refractivity contribution in [3.8, 4) is 0 Å². The van der Waals surface area contributed by atoms with E-state index in [1.165, 1.54) is 7.11 Å². The number of carbonyl (C=O) groups excluding carboxylic acids is 1. The molecule has 1 aromatic rings. The summed E-state index contributed by atoms with van der Waals surface area (Å²) in [5.41, 5.74) is 1.48. The Morgan fingerprint density at radius 1 is 1.61 bits per heavy atom. The molecule has 18 heavy (non-hydrogen) atoms. The van der Waals surface area contributed by atoms with Gasteiger partial charge in [-0.05, 0) is 31.4 Å². The van der Waals surface area contributed by atoms with E-state index in [1.54, 1.807) is 6.07 Å². The van der Waals surface area contributed by atoms with Gasteiger partial charge in [0.05, 0.1) is 13.2 Å². The highest BCUT2D eigenvalue weighted by molar-refractivity contribution is 5.87. The quantitative estimate of drug-likeness (QED) is 0.776. The summed E-state index contributed by atoms with van der Waals surface area (Å²) >= 11 is 0. The number of rotatable bonds is 5. The predicted molar refractivity (Wildman–Crippen MR) is 67.4 cm³/mol. The van der Waals surface area contributed by atoms with Crippen LogP contribution in [0, 0.1) is 5.92 Å². The lowest BCUT2D eigenvalue weighted by atomic mass is 10.0. The van der Waals surface area contributed by atoms with Gasteiger partial charge in [0, 0.05) is 25.4 Å². The van der Waals surface area contributed by atoms with Crippen LogP contribution in [-0.4, -0.2) is 37.3 Å². The molecule has 2 rings (SSSR count). The van der Waals surface area contributed by atoms with E-state index in [9.17, 15) is 4.79 Å². The fraction of sp³-hybridized carbons (Fsp3) is 0.615. The first-order chi connectivity index (χ1) is 8.70. The van der Waals surface area contributed by atoms with Gasteiger partial charge in [-0.2, -0.15) is 0 Å². The topological polar surface area (TPSA) is 63.4 Å². The number of hydrogen-bond donors (Lipinski definition) is 2. The molecule has 0 bridgehead atoms. The van der Waals surface area contributed by atoms with Crippen LogP contribution in [0.25, 0.3) is 0 Å². The number of aromatic amines is 1. The Labute approximate surface area is 107 Å². The predicted octanol–water partition coefficient (Wildman–Crippen LogP) is 1.32. The molecule has 2 unspecified atom stereocenters. The maximum absolute atomic E-state index is 11.3. The number of H-pyrrole nitrogens is 1. The minimum atomic E-state index is -0.334. The van der Waals surface area contributed by atoms with E-state index in [2.05, 4.69) is 22.0 Å². The van der Waals surface area contributed by atoms with Crippen LogP contribution >= 0.6 is 0 Å². The molecule has 0 spiro atoms. The highest BCUT2D eigenvalue weighted by Gasteiger charge is 2.23. The molecule has 0 aromatic carbocycles. The van der Waals surface area contributed by atoms with Crippen LogP contribution in [-0.2, 0) is 16.0 Å². The van der Waals surface area contributed by atoms with E-state index in [-0.39, 0.29) is 5.97 Å². The Balaban J connectivity index is 1.76. The van der Waals surface area contributed by atoms with Crippen molar-refractivity contribution in [1.29, 1.82) is 0 Å². The molecule has 1 saturated heterocycles. The molecule has 2 N–H and O–H groups in total. The van der Waals surface area contributed by atoms with Gasteiger partial charge in [0.1, 0.15) is 5.69 Å². The summed E-state index contributed by atoms with van der Waals surface area (Å²) in [4.78, 5) is 14.3. The van der Waals surface area contributed by atoms with Crippen molar-refractivity contribution in [3.05, 3.63) is 23.5 Å². The van der Waals surface area contributed by atoms with Crippen molar-refractivity contribution >= 4 is 5.97 Å². The molecule has 0 aliphatic carbocycles. The van der Waals surface area contributed by atoms with E-state index in [1.807, 2.05) is 6.07 Å². The number of carbonyl (C=O) groups is 1. The van der Waals surface area contributed by atoms with Crippen LogP contribution in [0.2, 0.25) is 0 Å². The first kappa shape index (κ1) is 13.1. The molecule has 2 heterocycles. The minimum Gasteiger partial charge on any atom is -0.464 e. The maximum atomic E-state index is 11.3. The third-order valence-electron chi connectivity index (χ3n) is 3.41. The second-order valence-corrected chi connectivity index (χ2v) is 4.64. The summed E-state index contributed by atoms with van der Waals surface area (Å²) in [6.07, 6.45) is 1.46. The van der Waals surface area contributed by atoms with Gasteiger partial charge >= 0.3 is 5.97 Å². The van der Waals surface area contributed by atoms with Gasteiger partial charge in [-0.1, -0.05) is 0 Å². The van der Waals surface area contributed by atoms with Crippen molar-refractivity contribution in [1.82, 2.24) is 10.3 Å². The molecule has 0 radical (unpaired) electrons. The minimum absolute atomic E-state index is 0.334. The number of esters is 1. The van der Waals surface area contributed by atoms with Crippen LogP contribution in [0.5, 0.6) is 0 Å². The fourth-order valence-electron chi connectivity index (χ4n) is 2.21. The highest BCUT2D eigenvalue weighted by atomic mass is 16.5. The van der Waals surface area contributed by atoms with Crippen LogP contribution in [0.4, 0.5) is 0 Å². The number of aromatic nitrogens is 1. The lowest BCUT2D eigenvalue weighted by Crippen LogP contribution is -2.26. The molecule has 0 amide bonds. The third kappa shape index (κ3) is 3.11. The van der Waals surface area contributed by atoms with Gasteiger partial charge in [0.2, 0.25) is 0 Å². The van der Waals surface area contributed by atoms with Crippen LogP contribution in [0.1, 0.15) is 29.5 Å². The number of hydrogen-bond acceptors (Lipinski definition) is 4. The highest BCUT2D eigenvalue weighted by Crippen LogP contribution is 2.19. The van der Waals surface area contributed by atoms with Gasteiger partial charge in [0.25, 0.3) is 0 Å². The maximum Gasteiger partial charge on any atom is 0.354 e. The Bertz CT molecular complexity index is 403. The fourth-order valence-corrected chi connectivity index (χ4v) is 2.21. The normalized spacial score (nSPS) is 23.2. The number of nitrogens with one attached hydrogen (secondary N) is 2. The Kier molecular flexibility index (Phi) is 4.38. The van der Waals surface area contributed by atoms with Crippen molar-refractivity contribution in [2.75, 3.05) is 20.3 Å². The van der Waals surface area contributed by atoms with E-state index in [4.69, 9.17) is 4.74 Å². The molecule has 100 valence electrons. The Morgan fingerprint density at radius 3 is 3.11 bits per heavy atom. The third-order valence-corrected chi connectivity index (χ3v) is 3.41. The summed E-state index contributed by atoms with van der Waals surface area (Å²) in [6.45, 7) is 4.64. The standard InChI is InChI=1S/C13H20N2O3/c1-9-10(5-6-18-9)7-14-8-11-3-4-12(15-11)13(16)17-2/h3-4,9-10,14-15H,5-8H2,1-2H3. The first-order valence-corrected chi connectivity index (χ1v) is 6.29. The zero-order valence-corrected chi connectivity index (χ0v) is 10.9. The smallest absolute Gasteiger partial charge is 0.354 e. The average molecular weight is 252 g/mol. The summed E-state index contributed by atoms with van der Waals surface area (Å²) in [5.74, 6) is 0.249. The summed E-state index contributed by atoms with van der Waals surface area (Å²) < 4.78 is 10.2. The molecule has 0 saturated carbocycles. The second kappa shape index (κ2) is 6.02. The van der Waals surface area contributed by atoms with Crippen molar-refractivity contribution in [2.45, 2.75) is 26.0 Å². The SMILES string of the molecule is COC(=O)c1ccc(CNCC2CCOC2C)[nH]1. The summed E-state index contributed by atoms with van der Waals surface area (Å²) in [6, 6.07) is 3.64. The Hall–Kier alpha value is -1.33. The molecule has 1 aliphatic rings. The molecule has 2 atom stereocenters. The summed E-state index contributed by atoms with van der Waals surface area (Å²) in [5, 5.41) is 3.38. The summed E-state index contributed by atoms with van der Waals surface area (Å²) in [7, 11) is 1.38. The van der Waals surface area contributed by atoms with E-state index in [0.29, 0.717) is 17.7 Å². The van der Waals surface area contributed by atoms with Gasteiger partial charge in [-0.3, -0.25) is 0 Å². The lowest BCUT2D eigenvalue weighted by molar-refractivity contribution is 0.0594. The van der Waals surface area contributed by atoms with Crippen LogP contribution < -0.4 is 5.32 Å². The van der Waals surface area contributed by atoms with E-state index < -0.39 is 0 Å².